The molecule has 0 aliphatic carbocycles. The summed E-state index contributed by atoms with van der Waals surface area (Å²) in [5, 5.41) is 5.04. The molecule has 9 heteroatoms. The van der Waals surface area contributed by atoms with Crippen LogP contribution in [0.15, 0.2) is 42.5 Å². The molecule has 142 valence electrons. The normalized spacial score (nSPS) is 13.0. The Bertz CT molecular complexity index is 1060. The first-order valence-electron chi connectivity index (χ1n) is 8.57. The van der Waals surface area contributed by atoms with Crippen molar-refractivity contribution in [1.29, 1.82) is 0 Å². The van der Waals surface area contributed by atoms with Crippen LogP contribution in [0.25, 0.3) is 11.0 Å². The molecule has 0 fully saturated rings. The molecule has 0 radical (unpaired) electrons. The third-order valence-electron chi connectivity index (χ3n) is 4.36. The zero-order chi connectivity index (χ0) is 19.7. The van der Waals surface area contributed by atoms with E-state index in [-0.39, 0.29) is 19.1 Å². The van der Waals surface area contributed by atoms with E-state index in [9.17, 15) is 14.4 Å². The van der Waals surface area contributed by atoms with Gasteiger partial charge >= 0.3 is 11.8 Å². The monoisotopic (exact) mass is 379 g/mol. The number of anilines is 2. The van der Waals surface area contributed by atoms with E-state index in [1.807, 2.05) is 24.3 Å². The second-order valence-electron chi connectivity index (χ2n) is 6.26. The van der Waals surface area contributed by atoms with Crippen LogP contribution in [0.2, 0.25) is 0 Å². The maximum absolute atomic E-state index is 12.2. The van der Waals surface area contributed by atoms with Gasteiger partial charge in [0.05, 0.1) is 23.3 Å². The van der Waals surface area contributed by atoms with E-state index in [0.717, 1.165) is 11.0 Å². The van der Waals surface area contributed by atoms with Crippen molar-refractivity contribution in [3.8, 4) is 5.75 Å². The molecular formula is C19H17N5O4. The van der Waals surface area contributed by atoms with Gasteiger partial charge in [0.2, 0.25) is 0 Å². The number of hydrogen-bond acceptors (Lipinski definition) is 5. The molecule has 3 aromatic rings. The number of fused-ring (bicyclic) bond motifs is 2. The lowest BCUT2D eigenvalue weighted by atomic mass is 10.2. The summed E-state index contributed by atoms with van der Waals surface area (Å²) < 4.78 is 5.33. The maximum atomic E-state index is 12.2. The van der Waals surface area contributed by atoms with E-state index in [4.69, 9.17) is 4.74 Å². The molecule has 2 aromatic carbocycles. The molecule has 0 spiro atoms. The van der Waals surface area contributed by atoms with E-state index in [2.05, 4.69) is 20.6 Å². The van der Waals surface area contributed by atoms with Crippen LogP contribution >= 0.6 is 0 Å². The summed E-state index contributed by atoms with van der Waals surface area (Å²) in [5.41, 5.74) is 2.54. The summed E-state index contributed by atoms with van der Waals surface area (Å²) >= 11 is 0. The number of hydrogen-bond donors (Lipinski definition) is 3. The number of imidazole rings is 1. The number of benzene rings is 2. The summed E-state index contributed by atoms with van der Waals surface area (Å²) in [7, 11) is 1.62. The highest BCUT2D eigenvalue weighted by Gasteiger charge is 2.23. The van der Waals surface area contributed by atoms with Crippen LogP contribution in [-0.2, 0) is 20.9 Å². The molecule has 28 heavy (non-hydrogen) atoms. The molecule has 1 aromatic heterocycles. The molecule has 0 unspecified atom stereocenters. The van der Waals surface area contributed by atoms with E-state index in [1.165, 1.54) is 4.90 Å². The van der Waals surface area contributed by atoms with Gasteiger partial charge in [-0.3, -0.25) is 14.4 Å². The number of aromatic amines is 1. The van der Waals surface area contributed by atoms with Crippen molar-refractivity contribution in [2.45, 2.75) is 6.54 Å². The van der Waals surface area contributed by atoms with Gasteiger partial charge in [0, 0.05) is 12.7 Å². The number of carbonyl (C=O) groups is 3. The molecular weight excluding hydrogens is 362 g/mol. The first kappa shape index (κ1) is 17.5. The molecule has 1 aliphatic heterocycles. The van der Waals surface area contributed by atoms with Crippen LogP contribution in [0.5, 0.6) is 5.75 Å². The van der Waals surface area contributed by atoms with Crippen LogP contribution < -0.4 is 20.3 Å². The molecule has 4 rings (SSSR count). The van der Waals surface area contributed by atoms with Gasteiger partial charge in [0.25, 0.3) is 5.91 Å². The largest absolute Gasteiger partial charge is 0.482 e. The van der Waals surface area contributed by atoms with Crippen LogP contribution in [0, 0.1) is 0 Å². The SMILES string of the molecule is CN1C(=O)COc2ccc(NC(=O)C(=O)NCc3nc4ccccc4[nH]3)cc21. The van der Waals surface area contributed by atoms with Crippen molar-refractivity contribution in [1.82, 2.24) is 15.3 Å². The van der Waals surface area contributed by atoms with Crippen molar-refractivity contribution in [2.75, 3.05) is 23.9 Å². The van der Waals surface area contributed by atoms with Crippen molar-refractivity contribution >= 4 is 40.1 Å². The maximum Gasteiger partial charge on any atom is 0.313 e. The highest BCUT2D eigenvalue weighted by atomic mass is 16.5. The number of aromatic nitrogens is 2. The van der Waals surface area contributed by atoms with Crippen LogP contribution in [0.1, 0.15) is 5.82 Å². The van der Waals surface area contributed by atoms with Gasteiger partial charge < -0.3 is 25.3 Å². The van der Waals surface area contributed by atoms with Crippen molar-refractivity contribution in [3.05, 3.63) is 48.3 Å². The summed E-state index contributed by atoms with van der Waals surface area (Å²) in [5.74, 6) is -0.719. The highest BCUT2D eigenvalue weighted by Crippen LogP contribution is 2.33. The second-order valence-corrected chi connectivity index (χ2v) is 6.26. The Kier molecular flexibility index (Phi) is 4.40. The van der Waals surface area contributed by atoms with Gasteiger partial charge in [0.1, 0.15) is 11.6 Å². The molecule has 3 N–H and O–H groups in total. The molecule has 0 saturated carbocycles. The molecule has 0 atom stereocenters. The summed E-state index contributed by atoms with van der Waals surface area (Å²) in [6.07, 6.45) is 0. The fourth-order valence-electron chi connectivity index (χ4n) is 2.87. The van der Waals surface area contributed by atoms with Gasteiger partial charge in [-0.2, -0.15) is 0 Å². The number of rotatable bonds is 3. The third kappa shape index (κ3) is 3.37. The first-order valence-corrected chi connectivity index (χ1v) is 8.57. The van der Waals surface area contributed by atoms with Gasteiger partial charge in [-0.1, -0.05) is 12.1 Å². The number of para-hydroxylation sites is 2. The van der Waals surface area contributed by atoms with Gasteiger partial charge in [0.15, 0.2) is 6.61 Å². The van der Waals surface area contributed by atoms with Crippen LogP contribution in [-0.4, -0.2) is 41.3 Å². The Hall–Kier alpha value is -3.88. The third-order valence-corrected chi connectivity index (χ3v) is 4.36. The number of ether oxygens (including phenoxy) is 1. The standard InChI is InChI=1S/C19H17N5O4/c1-24-14-8-11(6-7-15(14)28-10-17(24)25)21-19(27)18(26)20-9-16-22-12-4-2-3-5-13(12)23-16/h2-8H,9-10H2,1H3,(H,20,26)(H,21,27)(H,22,23). The fourth-order valence-corrected chi connectivity index (χ4v) is 2.87. The number of carbonyl (C=O) groups excluding carboxylic acids is 3. The number of likely N-dealkylation sites (N-methyl/N-ethyl adjacent to an activating group) is 1. The van der Waals surface area contributed by atoms with E-state index in [1.54, 1.807) is 25.2 Å². The number of nitrogens with zero attached hydrogens (tertiary/aromatic N) is 2. The van der Waals surface area contributed by atoms with E-state index in [0.29, 0.717) is 22.9 Å². The molecule has 9 nitrogen and oxygen atoms in total. The van der Waals surface area contributed by atoms with Crippen LogP contribution in [0.4, 0.5) is 11.4 Å². The quantitative estimate of drug-likeness (QED) is 0.591. The predicted molar refractivity (Wildman–Crippen MR) is 102 cm³/mol. The highest BCUT2D eigenvalue weighted by molar-refractivity contribution is 6.39. The first-order chi connectivity index (χ1) is 13.5. The molecule has 2 heterocycles. The fraction of sp³-hybridized carbons (Fsp3) is 0.158. The lowest BCUT2D eigenvalue weighted by Crippen LogP contribution is -2.36. The Morgan fingerprint density at radius 1 is 1.21 bits per heavy atom. The Morgan fingerprint density at radius 2 is 2.04 bits per heavy atom. The minimum absolute atomic E-state index is 0.0284. The topological polar surface area (TPSA) is 116 Å². The second kappa shape index (κ2) is 7.03. The zero-order valence-corrected chi connectivity index (χ0v) is 15.0. The summed E-state index contributed by atoms with van der Waals surface area (Å²) in [4.78, 5) is 44.8. The van der Waals surface area contributed by atoms with Gasteiger partial charge in [-0.05, 0) is 30.3 Å². The minimum Gasteiger partial charge on any atom is -0.482 e. The summed E-state index contributed by atoms with van der Waals surface area (Å²) in [6.45, 7) is 0.0651. The lowest BCUT2D eigenvalue weighted by molar-refractivity contribution is -0.136. The van der Waals surface area contributed by atoms with Crippen molar-refractivity contribution < 1.29 is 19.1 Å². The lowest BCUT2D eigenvalue weighted by Gasteiger charge is -2.26. The van der Waals surface area contributed by atoms with E-state index >= 15 is 0 Å². The van der Waals surface area contributed by atoms with Crippen LogP contribution in [0.3, 0.4) is 0 Å². The van der Waals surface area contributed by atoms with Crippen molar-refractivity contribution in [3.63, 3.8) is 0 Å². The number of nitrogens with one attached hydrogen (secondary N) is 3. The number of amides is 3. The van der Waals surface area contributed by atoms with Gasteiger partial charge in [-0.15, -0.1) is 0 Å². The predicted octanol–water partition coefficient (Wildman–Crippen LogP) is 1.17. The average Bonchev–Trinajstić information content (AvgIpc) is 3.12. The zero-order valence-electron chi connectivity index (χ0n) is 15.0. The minimum atomic E-state index is -0.818. The summed E-state index contributed by atoms with van der Waals surface area (Å²) in [6, 6.07) is 12.3. The Morgan fingerprint density at radius 3 is 2.86 bits per heavy atom. The van der Waals surface area contributed by atoms with Crippen molar-refractivity contribution in [2.24, 2.45) is 0 Å². The molecule has 1 aliphatic rings. The van der Waals surface area contributed by atoms with Gasteiger partial charge in [-0.25, -0.2) is 4.98 Å². The molecule has 3 amide bonds. The Balaban J connectivity index is 1.39. The molecule has 0 saturated heterocycles. The van der Waals surface area contributed by atoms with E-state index < -0.39 is 11.8 Å². The average molecular weight is 379 g/mol. The Labute approximate surface area is 159 Å². The smallest absolute Gasteiger partial charge is 0.313 e. The number of H-pyrrole nitrogens is 1. The molecule has 0 bridgehead atoms.